The molecule has 1 saturated heterocycles. The fourth-order valence-corrected chi connectivity index (χ4v) is 3.49. The molecule has 1 unspecified atom stereocenters. The summed E-state index contributed by atoms with van der Waals surface area (Å²) in [5.41, 5.74) is 1.14. The molecule has 0 amide bonds. The molecule has 1 aliphatic rings. The number of guanidine groups is 1. The van der Waals surface area contributed by atoms with Crippen LogP contribution in [-0.4, -0.2) is 57.3 Å². The van der Waals surface area contributed by atoms with E-state index in [1.807, 2.05) is 27.0 Å². The van der Waals surface area contributed by atoms with Crippen molar-refractivity contribution in [2.24, 2.45) is 4.99 Å². The second-order valence-corrected chi connectivity index (χ2v) is 7.19. The van der Waals surface area contributed by atoms with Crippen molar-refractivity contribution in [3.05, 3.63) is 23.8 Å². The van der Waals surface area contributed by atoms with E-state index in [0.717, 1.165) is 36.0 Å². The highest BCUT2D eigenvalue weighted by atomic mass is 127. The van der Waals surface area contributed by atoms with E-state index >= 15 is 0 Å². The normalized spacial score (nSPS) is 15.5. The first-order valence-electron chi connectivity index (χ1n) is 10.8. The summed E-state index contributed by atoms with van der Waals surface area (Å²) in [6.07, 6.45) is 5.12. The molecular weight excluding hydrogens is 479 g/mol. The molecule has 1 aliphatic heterocycles. The number of nitrogens with one attached hydrogen (secondary N) is 2. The lowest BCUT2D eigenvalue weighted by Crippen LogP contribution is -2.39. The van der Waals surface area contributed by atoms with Gasteiger partial charge in [0.05, 0.1) is 19.3 Å². The van der Waals surface area contributed by atoms with Gasteiger partial charge in [0.1, 0.15) is 0 Å². The van der Waals surface area contributed by atoms with Crippen molar-refractivity contribution in [2.75, 3.05) is 46.4 Å². The van der Waals surface area contributed by atoms with Gasteiger partial charge in [0.15, 0.2) is 17.5 Å². The summed E-state index contributed by atoms with van der Waals surface area (Å²) >= 11 is 0. The first-order valence-corrected chi connectivity index (χ1v) is 10.8. The van der Waals surface area contributed by atoms with Crippen LogP contribution >= 0.6 is 24.0 Å². The number of rotatable bonds is 11. The minimum absolute atomic E-state index is 0. The largest absolute Gasteiger partial charge is 0.490 e. The Hall–Kier alpha value is -1.22. The summed E-state index contributed by atoms with van der Waals surface area (Å²) in [4.78, 5) is 6.93. The van der Waals surface area contributed by atoms with Crippen LogP contribution < -0.4 is 20.1 Å². The van der Waals surface area contributed by atoms with Crippen LogP contribution in [0.2, 0.25) is 0 Å². The predicted molar refractivity (Wildman–Crippen MR) is 132 cm³/mol. The Kier molecular flexibility index (Phi) is 13.1. The minimum Gasteiger partial charge on any atom is -0.490 e. The molecule has 0 aromatic heterocycles. The van der Waals surface area contributed by atoms with E-state index in [9.17, 15) is 0 Å². The topological polar surface area (TPSA) is 58.1 Å². The maximum atomic E-state index is 5.74. The van der Waals surface area contributed by atoms with Crippen LogP contribution in [0.15, 0.2) is 23.2 Å². The number of benzene rings is 1. The molecule has 29 heavy (non-hydrogen) atoms. The molecular formula is C22H39IN4O2. The average Bonchev–Trinajstić information content (AvgIpc) is 3.22. The smallest absolute Gasteiger partial charge is 0.191 e. The van der Waals surface area contributed by atoms with Gasteiger partial charge in [-0.05, 0) is 83.8 Å². The minimum atomic E-state index is 0. The van der Waals surface area contributed by atoms with Crippen molar-refractivity contribution in [1.29, 1.82) is 0 Å². The van der Waals surface area contributed by atoms with Crippen molar-refractivity contribution < 1.29 is 9.47 Å². The second-order valence-electron chi connectivity index (χ2n) is 7.19. The van der Waals surface area contributed by atoms with Gasteiger partial charge in [0, 0.05) is 13.6 Å². The van der Waals surface area contributed by atoms with E-state index in [1.54, 1.807) is 0 Å². The molecule has 1 fully saturated rings. The molecule has 0 radical (unpaired) electrons. The molecule has 0 aliphatic carbocycles. The van der Waals surface area contributed by atoms with Crippen LogP contribution in [0.1, 0.15) is 58.1 Å². The summed E-state index contributed by atoms with van der Waals surface area (Å²) in [5.74, 6) is 2.42. The number of halogens is 1. The van der Waals surface area contributed by atoms with Gasteiger partial charge in [0.25, 0.3) is 0 Å². The van der Waals surface area contributed by atoms with Gasteiger partial charge in [-0.2, -0.15) is 0 Å². The van der Waals surface area contributed by atoms with E-state index in [4.69, 9.17) is 9.47 Å². The summed E-state index contributed by atoms with van der Waals surface area (Å²) < 4.78 is 11.4. The van der Waals surface area contributed by atoms with Crippen molar-refractivity contribution in [3.8, 4) is 11.5 Å². The van der Waals surface area contributed by atoms with Crippen molar-refractivity contribution in [3.63, 3.8) is 0 Å². The number of hydrogen-bond acceptors (Lipinski definition) is 4. The SMILES string of the molecule is CCOc1ccc(C(C)NC(=NC)NCCCCN2CCCC2)cc1OCC.I. The molecule has 1 heterocycles. The fraction of sp³-hybridized carbons (Fsp3) is 0.682. The van der Waals surface area contributed by atoms with Crippen LogP contribution in [0.5, 0.6) is 11.5 Å². The van der Waals surface area contributed by atoms with Gasteiger partial charge in [-0.25, -0.2) is 0 Å². The molecule has 0 spiro atoms. The molecule has 7 heteroatoms. The molecule has 1 aromatic rings. The Morgan fingerprint density at radius 1 is 1.10 bits per heavy atom. The number of ether oxygens (including phenoxy) is 2. The Morgan fingerprint density at radius 3 is 2.45 bits per heavy atom. The third kappa shape index (κ3) is 8.99. The summed E-state index contributed by atoms with van der Waals surface area (Å²) in [5, 5.41) is 6.90. The molecule has 1 atom stereocenters. The number of likely N-dealkylation sites (tertiary alicyclic amines) is 1. The third-order valence-electron chi connectivity index (χ3n) is 5.04. The monoisotopic (exact) mass is 518 g/mol. The Labute approximate surface area is 193 Å². The third-order valence-corrected chi connectivity index (χ3v) is 5.04. The van der Waals surface area contributed by atoms with Gasteiger partial charge in [-0.3, -0.25) is 4.99 Å². The molecule has 6 nitrogen and oxygen atoms in total. The number of unbranched alkanes of at least 4 members (excludes halogenated alkanes) is 1. The van der Waals surface area contributed by atoms with Gasteiger partial charge in [0.2, 0.25) is 0 Å². The Morgan fingerprint density at radius 2 is 1.79 bits per heavy atom. The van der Waals surface area contributed by atoms with Gasteiger partial charge < -0.3 is 25.0 Å². The van der Waals surface area contributed by atoms with E-state index < -0.39 is 0 Å². The molecule has 2 N–H and O–H groups in total. The summed E-state index contributed by atoms with van der Waals surface area (Å²) in [7, 11) is 1.82. The quantitative estimate of drug-likeness (QED) is 0.199. The van der Waals surface area contributed by atoms with Crippen LogP contribution in [-0.2, 0) is 0 Å². The van der Waals surface area contributed by atoms with Crippen LogP contribution in [0.25, 0.3) is 0 Å². The number of aliphatic imine (C=N–C) groups is 1. The van der Waals surface area contributed by atoms with Crippen molar-refractivity contribution >= 4 is 29.9 Å². The van der Waals surface area contributed by atoms with Gasteiger partial charge in [-0.1, -0.05) is 6.07 Å². The molecule has 1 aromatic carbocycles. The maximum absolute atomic E-state index is 5.74. The van der Waals surface area contributed by atoms with E-state index in [1.165, 1.54) is 38.9 Å². The maximum Gasteiger partial charge on any atom is 0.191 e. The average molecular weight is 518 g/mol. The van der Waals surface area contributed by atoms with E-state index in [0.29, 0.717) is 13.2 Å². The number of nitrogens with zero attached hydrogens (tertiary/aromatic N) is 2. The summed E-state index contributed by atoms with van der Waals surface area (Å²) in [6.45, 7) is 12.1. The first kappa shape index (κ1) is 25.8. The highest BCUT2D eigenvalue weighted by molar-refractivity contribution is 14.0. The fourth-order valence-electron chi connectivity index (χ4n) is 3.49. The highest BCUT2D eigenvalue weighted by Crippen LogP contribution is 2.30. The zero-order chi connectivity index (χ0) is 20.2. The zero-order valence-corrected chi connectivity index (χ0v) is 20.8. The van der Waals surface area contributed by atoms with E-state index in [2.05, 4.69) is 39.6 Å². The van der Waals surface area contributed by atoms with Crippen LogP contribution in [0.4, 0.5) is 0 Å². The van der Waals surface area contributed by atoms with E-state index in [-0.39, 0.29) is 30.0 Å². The van der Waals surface area contributed by atoms with Crippen molar-refractivity contribution in [1.82, 2.24) is 15.5 Å². The highest BCUT2D eigenvalue weighted by Gasteiger charge is 2.13. The van der Waals surface area contributed by atoms with Crippen molar-refractivity contribution in [2.45, 2.75) is 52.5 Å². The number of hydrogen-bond donors (Lipinski definition) is 2. The summed E-state index contributed by atoms with van der Waals surface area (Å²) in [6, 6.07) is 6.23. The molecule has 0 saturated carbocycles. The Bertz CT molecular complexity index is 606. The lowest BCUT2D eigenvalue weighted by atomic mass is 10.1. The molecule has 0 bridgehead atoms. The molecule has 2 rings (SSSR count). The van der Waals surface area contributed by atoms with Crippen LogP contribution in [0.3, 0.4) is 0 Å². The lowest BCUT2D eigenvalue weighted by molar-refractivity contribution is 0.287. The Balaban J connectivity index is 0.00000420. The second kappa shape index (κ2) is 14.7. The zero-order valence-electron chi connectivity index (χ0n) is 18.5. The lowest BCUT2D eigenvalue weighted by Gasteiger charge is -2.20. The predicted octanol–water partition coefficient (Wildman–Crippen LogP) is 4.20. The van der Waals surface area contributed by atoms with Gasteiger partial charge in [-0.15, -0.1) is 24.0 Å². The standard InChI is InChI=1S/C22H38N4O2.HI/c1-5-27-20-12-11-19(17-21(20)28-6-2)18(3)25-22(23-4)24-13-7-8-14-26-15-9-10-16-26;/h11-12,17-18H,5-10,13-16H2,1-4H3,(H2,23,24,25);1H. The van der Waals surface area contributed by atoms with Crippen LogP contribution in [0, 0.1) is 0 Å². The van der Waals surface area contributed by atoms with Gasteiger partial charge >= 0.3 is 0 Å². The molecule has 166 valence electrons. The first-order chi connectivity index (χ1) is 13.7.